The summed E-state index contributed by atoms with van der Waals surface area (Å²) >= 11 is 17.7. The Morgan fingerprint density at radius 3 is 2.34 bits per heavy atom. The van der Waals surface area contributed by atoms with Crippen molar-refractivity contribution in [2.45, 2.75) is 65.7 Å². The normalized spacial score (nSPS) is 10.4. The van der Waals surface area contributed by atoms with Crippen molar-refractivity contribution in [2.24, 2.45) is 5.16 Å². The topological polar surface area (TPSA) is 40.0 Å². The molecule has 29 heavy (non-hydrogen) atoms. The van der Waals surface area contributed by atoms with Crippen molar-refractivity contribution in [3.05, 3.63) is 33.3 Å². The van der Waals surface area contributed by atoms with E-state index >= 15 is 0 Å². The number of unbranched alkanes of at least 4 members (excludes halogenated alkanes) is 4. The van der Waals surface area contributed by atoms with Gasteiger partial charge in [0.2, 0.25) is 0 Å². The zero-order valence-corrected chi connectivity index (χ0v) is 19.9. The highest BCUT2D eigenvalue weighted by Gasteiger charge is 2.12. The third-order valence-corrected chi connectivity index (χ3v) is 4.56. The van der Waals surface area contributed by atoms with Gasteiger partial charge in [-0.05, 0) is 57.2 Å². The highest BCUT2D eigenvalue weighted by atomic mass is 35.5. The molecule has 1 aromatic rings. The van der Waals surface area contributed by atoms with Gasteiger partial charge in [0.25, 0.3) is 0 Å². The second kappa shape index (κ2) is 15.7. The van der Waals surface area contributed by atoms with Crippen molar-refractivity contribution < 1.29 is 14.3 Å². The lowest BCUT2D eigenvalue weighted by molar-refractivity contribution is 0.139. The molecule has 4 nitrogen and oxygen atoms in total. The maximum absolute atomic E-state index is 6.45. The average molecular weight is 465 g/mol. The maximum atomic E-state index is 6.45. The van der Waals surface area contributed by atoms with Crippen LogP contribution in [0.3, 0.4) is 0 Å². The van der Waals surface area contributed by atoms with Crippen LogP contribution in [0.25, 0.3) is 0 Å². The quantitative estimate of drug-likeness (QED) is 0.151. The number of aryl methyl sites for hydroxylation is 1. The number of nitrogens with zero attached hydrogens (tertiary/aromatic N) is 1. The molecular formula is C22H32Cl3NO3. The summed E-state index contributed by atoms with van der Waals surface area (Å²) in [7, 11) is 0. The Morgan fingerprint density at radius 2 is 1.69 bits per heavy atom. The van der Waals surface area contributed by atoms with Gasteiger partial charge in [-0.15, -0.1) is 0 Å². The number of benzene rings is 1. The summed E-state index contributed by atoms with van der Waals surface area (Å²) in [6.45, 7) is 7.59. The molecule has 0 N–H and O–H groups in total. The lowest BCUT2D eigenvalue weighted by atomic mass is 10.1. The molecular weight excluding hydrogens is 433 g/mol. The van der Waals surface area contributed by atoms with Gasteiger partial charge in [0.15, 0.2) is 0 Å². The fourth-order valence-electron chi connectivity index (χ4n) is 2.67. The number of halogens is 3. The standard InChI is InChI=1S/C22H32Cl3NO3/c1-4-10-18-15-19(27-14-11-21(24)25)16-20(23)22(18)28-12-8-6-5-7-9-13-29-26-17(2)3/h11,15-16H,4-10,12-14H2,1-3H3. The summed E-state index contributed by atoms with van der Waals surface area (Å²) < 4.78 is 11.8. The molecule has 0 aliphatic heterocycles. The van der Waals surface area contributed by atoms with Crippen LogP contribution in [0.15, 0.2) is 27.9 Å². The summed E-state index contributed by atoms with van der Waals surface area (Å²) in [5.41, 5.74) is 2.00. The number of hydrogen-bond donors (Lipinski definition) is 0. The summed E-state index contributed by atoms with van der Waals surface area (Å²) in [4.78, 5) is 5.20. The molecule has 0 saturated carbocycles. The van der Waals surface area contributed by atoms with Gasteiger partial charge < -0.3 is 14.3 Å². The first-order chi connectivity index (χ1) is 13.9. The molecule has 0 saturated heterocycles. The number of oxime groups is 1. The Bertz CT molecular complexity index is 655. The van der Waals surface area contributed by atoms with Crippen molar-refractivity contribution >= 4 is 40.5 Å². The van der Waals surface area contributed by atoms with Crippen LogP contribution in [0.2, 0.25) is 5.02 Å². The van der Waals surface area contributed by atoms with Crippen molar-refractivity contribution in [1.29, 1.82) is 0 Å². The van der Waals surface area contributed by atoms with Crippen LogP contribution in [0.1, 0.15) is 64.9 Å². The molecule has 0 bridgehead atoms. The summed E-state index contributed by atoms with van der Waals surface area (Å²) in [6, 6.07) is 3.74. The summed E-state index contributed by atoms with van der Waals surface area (Å²) in [6.07, 6.45) is 8.87. The van der Waals surface area contributed by atoms with Gasteiger partial charge in [-0.3, -0.25) is 0 Å². The second-order valence-electron chi connectivity index (χ2n) is 6.94. The minimum Gasteiger partial charge on any atom is -0.492 e. The SMILES string of the molecule is CCCc1cc(OCC=C(Cl)Cl)cc(Cl)c1OCCCCCCCON=C(C)C. The molecule has 0 radical (unpaired) electrons. The van der Waals surface area contributed by atoms with Crippen LogP contribution in [-0.2, 0) is 11.3 Å². The predicted molar refractivity (Wildman–Crippen MR) is 124 cm³/mol. The lowest BCUT2D eigenvalue weighted by Crippen LogP contribution is -2.03. The van der Waals surface area contributed by atoms with E-state index in [9.17, 15) is 0 Å². The largest absolute Gasteiger partial charge is 0.492 e. The van der Waals surface area contributed by atoms with Gasteiger partial charge in [-0.1, -0.05) is 66.1 Å². The highest BCUT2D eigenvalue weighted by Crippen LogP contribution is 2.34. The molecule has 1 aromatic carbocycles. The zero-order chi connectivity index (χ0) is 21.5. The minimum absolute atomic E-state index is 0.182. The molecule has 0 aliphatic rings. The van der Waals surface area contributed by atoms with E-state index in [-0.39, 0.29) is 4.49 Å². The second-order valence-corrected chi connectivity index (χ2v) is 8.35. The van der Waals surface area contributed by atoms with Crippen LogP contribution >= 0.6 is 34.8 Å². The van der Waals surface area contributed by atoms with E-state index in [2.05, 4.69) is 12.1 Å². The van der Waals surface area contributed by atoms with Crippen LogP contribution < -0.4 is 9.47 Å². The van der Waals surface area contributed by atoms with Gasteiger partial charge in [-0.2, -0.15) is 0 Å². The average Bonchev–Trinajstić information content (AvgIpc) is 2.64. The van der Waals surface area contributed by atoms with E-state index in [4.69, 9.17) is 49.1 Å². The third-order valence-electron chi connectivity index (χ3n) is 3.97. The Morgan fingerprint density at radius 1 is 1.00 bits per heavy atom. The fourth-order valence-corrected chi connectivity index (χ4v) is 3.08. The monoisotopic (exact) mass is 463 g/mol. The van der Waals surface area contributed by atoms with E-state index in [0.29, 0.717) is 30.6 Å². The summed E-state index contributed by atoms with van der Waals surface area (Å²) in [5, 5.41) is 4.49. The Hall–Kier alpha value is -1.10. The number of ether oxygens (including phenoxy) is 2. The molecule has 0 unspecified atom stereocenters. The first-order valence-electron chi connectivity index (χ1n) is 10.2. The van der Waals surface area contributed by atoms with Crippen molar-refractivity contribution in [3.8, 4) is 11.5 Å². The molecule has 0 aliphatic carbocycles. The van der Waals surface area contributed by atoms with E-state index in [1.165, 1.54) is 0 Å². The first kappa shape index (κ1) is 25.9. The van der Waals surface area contributed by atoms with Gasteiger partial charge in [0.1, 0.15) is 29.2 Å². The van der Waals surface area contributed by atoms with Gasteiger partial charge >= 0.3 is 0 Å². The Balaban J connectivity index is 2.40. The molecule has 7 heteroatoms. The van der Waals surface area contributed by atoms with E-state index in [1.54, 1.807) is 12.1 Å². The van der Waals surface area contributed by atoms with Crippen molar-refractivity contribution in [3.63, 3.8) is 0 Å². The van der Waals surface area contributed by atoms with Crippen molar-refractivity contribution in [2.75, 3.05) is 19.8 Å². The van der Waals surface area contributed by atoms with E-state index in [1.807, 2.05) is 19.9 Å². The van der Waals surface area contributed by atoms with Crippen LogP contribution in [0.4, 0.5) is 0 Å². The highest BCUT2D eigenvalue weighted by molar-refractivity contribution is 6.55. The van der Waals surface area contributed by atoms with Crippen LogP contribution in [-0.4, -0.2) is 25.5 Å². The molecule has 0 aromatic heterocycles. The number of rotatable bonds is 15. The smallest absolute Gasteiger partial charge is 0.141 e. The van der Waals surface area contributed by atoms with Crippen LogP contribution in [0.5, 0.6) is 11.5 Å². The minimum atomic E-state index is 0.182. The third kappa shape index (κ3) is 12.2. The predicted octanol–water partition coefficient (Wildman–Crippen LogP) is 7.73. The molecule has 0 spiro atoms. The molecule has 0 atom stereocenters. The number of hydrogen-bond acceptors (Lipinski definition) is 4. The Labute approximate surface area is 190 Å². The fraction of sp³-hybridized carbons (Fsp3) is 0.591. The molecule has 0 heterocycles. The van der Waals surface area contributed by atoms with Gasteiger partial charge in [-0.25, -0.2) is 0 Å². The molecule has 0 amide bonds. The van der Waals surface area contributed by atoms with E-state index in [0.717, 1.165) is 62.0 Å². The Kier molecular flexibility index (Phi) is 14.0. The molecule has 1 rings (SSSR count). The zero-order valence-electron chi connectivity index (χ0n) is 17.6. The van der Waals surface area contributed by atoms with Gasteiger partial charge in [0, 0.05) is 6.07 Å². The first-order valence-corrected chi connectivity index (χ1v) is 11.3. The maximum Gasteiger partial charge on any atom is 0.141 e. The van der Waals surface area contributed by atoms with E-state index < -0.39 is 0 Å². The van der Waals surface area contributed by atoms with Crippen molar-refractivity contribution in [1.82, 2.24) is 0 Å². The summed E-state index contributed by atoms with van der Waals surface area (Å²) in [5.74, 6) is 1.44. The van der Waals surface area contributed by atoms with Gasteiger partial charge in [0.05, 0.1) is 17.3 Å². The molecule has 0 fully saturated rings. The lowest BCUT2D eigenvalue weighted by Gasteiger charge is -2.15. The van der Waals surface area contributed by atoms with Crippen LogP contribution in [0, 0.1) is 0 Å². The molecule has 164 valence electrons.